The van der Waals surface area contributed by atoms with Crippen LogP contribution < -0.4 is 27.0 Å². The number of para-hydroxylation sites is 1. The third kappa shape index (κ3) is 10.2. The third-order valence-electron chi connectivity index (χ3n) is 5.10. The number of hydrogen-bond donors (Lipinski definition) is 6. The molecule has 1 amide bonds. The van der Waals surface area contributed by atoms with Crippen LogP contribution in [0, 0.1) is 0 Å². The standard InChI is InChI=1S/C23H40N6O/c24-10-5-13-25-11-3-4-12-26-14-6-15-27-16-7-17-28-23(30)18-20-19-29-22-9-2-1-8-21(20)22/h1-2,8-9,19,25-27,29H,3-7,10-18,24H2,(H,28,30). The molecule has 7 nitrogen and oxygen atoms in total. The maximum absolute atomic E-state index is 12.1. The van der Waals surface area contributed by atoms with E-state index in [9.17, 15) is 4.79 Å². The highest BCUT2D eigenvalue weighted by molar-refractivity contribution is 5.88. The van der Waals surface area contributed by atoms with E-state index in [1.54, 1.807) is 0 Å². The molecule has 0 saturated heterocycles. The summed E-state index contributed by atoms with van der Waals surface area (Å²) in [5.41, 5.74) is 7.59. The smallest absolute Gasteiger partial charge is 0.224 e. The van der Waals surface area contributed by atoms with Gasteiger partial charge in [-0.15, -0.1) is 0 Å². The van der Waals surface area contributed by atoms with Crippen molar-refractivity contribution in [2.75, 3.05) is 52.4 Å². The Balaban J connectivity index is 1.35. The van der Waals surface area contributed by atoms with Crippen molar-refractivity contribution in [3.05, 3.63) is 36.0 Å². The molecule has 0 aliphatic carbocycles. The number of H-pyrrole nitrogens is 1. The molecule has 7 heteroatoms. The largest absolute Gasteiger partial charge is 0.361 e. The second-order valence-corrected chi connectivity index (χ2v) is 7.69. The summed E-state index contributed by atoms with van der Waals surface area (Å²) in [6, 6.07) is 8.08. The molecule has 0 spiro atoms. The predicted molar refractivity (Wildman–Crippen MR) is 126 cm³/mol. The Morgan fingerprint density at radius 1 is 0.800 bits per heavy atom. The van der Waals surface area contributed by atoms with Gasteiger partial charge >= 0.3 is 0 Å². The number of unbranched alkanes of at least 4 members (excludes halogenated alkanes) is 1. The molecule has 30 heavy (non-hydrogen) atoms. The first-order valence-electron chi connectivity index (χ1n) is 11.4. The Bertz CT molecular complexity index is 702. The molecule has 7 N–H and O–H groups in total. The van der Waals surface area contributed by atoms with Gasteiger partial charge in [-0.25, -0.2) is 0 Å². The maximum Gasteiger partial charge on any atom is 0.224 e. The minimum Gasteiger partial charge on any atom is -0.361 e. The molecule has 1 heterocycles. The number of fused-ring (bicyclic) bond motifs is 1. The highest BCUT2D eigenvalue weighted by Crippen LogP contribution is 2.17. The van der Waals surface area contributed by atoms with Crippen LogP contribution in [-0.2, 0) is 11.2 Å². The summed E-state index contributed by atoms with van der Waals surface area (Å²) in [5, 5.41) is 14.5. The van der Waals surface area contributed by atoms with Gasteiger partial charge in [0.25, 0.3) is 0 Å². The summed E-state index contributed by atoms with van der Waals surface area (Å²) in [6.07, 6.45) is 7.91. The second kappa shape index (κ2) is 15.8. The molecular weight excluding hydrogens is 376 g/mol. The van der Waals surface area contributed by atoms with Crippen molar-refractivity contribution in [1.82, 2.24) is 26.3 Å². The zero-order valence-electron chi connectivity index (χ0n) is 18.3. The minimum absolute atomic E-state index is 0.0820. The quantitative estimate of drug-likeness (QED) is 0.207. The van der Waals surface area contributed by atoms with Gasteiger partial charge in [0, 0.05) is 23.6 Å². The number of carbonyl (C=O) groups is 1. The van der Waals surface area contributed by atoms with Crippen LogP contribution in [0.5, 0.6) is 0 Å². The topological polar surface area (TPSA) is 107 Å². The zero-order chi connectivity index (χ0) is 21.3. The van der Waals surface area contributed by atoms with E-state index in [2.05, 4.69) is 32.3 Å². The van der Waals surface area contributed by atoms with E-state index in [4.69, 9.17) is 5.73 Å². The van der Waals surface area contributed by atoms with E-state index in [1.165, 1.54) is 12.8 Å². The Kier molecular flexibility index (Phi) is 12.9. The summed E-state index contributed by atoms with van der Waals surface area (Å²) >= 11 is 0. The maximum atomic E-state index is 12.1. The highest BCUT2D eigenvalue weighted by Gasteiger charge is 2.07. The first-order valence-corrected chi connectivity index (χ1v) is 11.4. The molecule has 0 saturated carbocycles. The fraction of sp³-hybridized carbons (Fsp3) is 0.609. The molecule has 1 aromatic carbocycles. The number of rotatable bonds is 18. The third-order valence-corrected chi connectivity index (χ3v) is 5.10. The number of carbonyl (C=O) groups excluding carboxylic acids is 1. The van der Waals surface area contributed by atoms with Crippen LogP contribution in [0.3, 0.4) is 0 Å². The van der Waals surface area contributed by atoms with Crippen LogP contribution >= 0.6 is 0 Å². The monoisotopic (exact) mass is 416 g/mol. The van der Waals surface area contributed by atoms with Crippen molar-refractivity contribution in [3.8, 4) is 0 Å². The normalized spacial score (nSPS) is 11.2. The van der Waals surface area contributed by atoms with Gasteiger partial charge in [0.2, 0.25) is 5.91 Å². The Hall–Kier alpha value is -1.93. The van der Waals surface area contributed by atoms with Crippen LogP contribution in [0.4, 0.5) is 0 Å². The van der Waals surface area contributed by atoms with Gasteiger partial charge in [-0.3, -0.25) is 4.79 Å². The van der Waals surface area contributed by atoms with E-state index in [0.717, 1.165) is 81.5 Å². The number of amides is 1. The highest BCUT2D eigenvalue weighted by atomic mass is 16.1. The van der Waals surface area contributed by atoms with Crippen molar-refractivity contribution < 1.29 is 4.79 Å². The predicted octanol–water partition coefficient (Wildman–Crippen LogP) is 1.50. The number of aromatic amines is 1. The van der Waals surface area contributed by atoms with E-state index >= 15 is 0 Å². The van der Waals surface area contributed by atoms with Gasteiger partial charge in [0.05, 0.1) is 6.42 Å². The molecule has 0 aliphatic heterocycles. The molecule has 0 bridgehead atoms. The van der Waals surface area contributed by atoms with E-state index in [-0.39, 0.29) is 5.91 Å². The van der Waals surface area contributed by atoms with Gasteiger partial charge in [-0.1, -0.05) is 18.2 Å². The summed E-state index contributed by atoms with van der Waals surface area (Å²) < 4.78 is 0. The van der Waals surface area contributed by atoms with Crippen LogP contribution in [0.15, 0.2) is 30.5 Å². The lowest BCUT2D eigenvalue weighted by molar-refractivity contribution is -0.120. The number of benzene rings is 1. The number of hydrogen-bond acceptors (Lipinski definition) is 5. The first-order chi connectivity index (χ1) is 14.8. The number of aromatic nitrogens is 1. The van der Waals surface area contributed by atoms with Crippen molar-refractivity contribution in [3.63, 3.8) is 0 Å². The van der Waals surface area contributed by atoms with Crippen LogP contribution in [0.25, 0.3) is 10.9 Å². The van der Waals surface area contributed by atoms with Crippen molar-refractivity contribution in [2.24, 2.45) is 5.73 Å². The van der Waals surface area contributed by atoms with Gasteiger partial charge in [-0.05, 0) is 89.5 Å². The molecule has 2 rings (SSSR count). The van der Waals surface area contributed by atoms with Crippen molar-refractivity contribution >= 4 is 16.8 Å². The molecule has 0 fully saturated rings. The number of nitrogens with two attached hydrogens (primary N) is 1. The lowest BCUT2D eigenvalue weighted by Crippen LogP contribution is -2.29. The lowest BCUT2D eigenvalue weighted by Gasteiger charge is -2.08. The Labute approximate surface area is 180 Å². The molecule has 0 unspecified atom stereocenters. The molecule has 0 atom stereocenters. The molecule has 1 aromatic heterocycles. The summed E-state index contributed by atoms with van der Waals surface area (Å²) in [7, 11) is 0. The van der Waals surface area contributed by atoms with Crippen molar-refractivity contribution in [1.29, 1.82) is 0 Å². The summed E-state index contributed by atoms with van der Waals surface area (Å²) in [5.74, 6) is 0.0820. The lowest BCUT2D eigenvalue weighted by atomic mass is 10.1. The SMILES string of the molecule is NCCCNCCCCNCCCNCCCNC(=O)Cc1c[nH]c2ccccc12. The molecule has 2 aromatic rings. The average Bonchev–Trinajstić information content (AvgIpc) is 3.16. The van der Waals surface area contributed by atoms with Crippen molar-refractivity contribution in [2.45, 2.75) is 38.5 Å². The summed E-state index contributed by atoms with van der Waals surface area (Å²) in [4.78, 5) is 15.4. The second-order valence-electron chi connectivity index (χ2n) is 7.69. The summed E-state index contributed by atoms with van der Waals surface area (Å²) in [6.45, 7) is 7.68. The Morgan fingerprint density at radius 3 is 2.10 bits per heavy atom. The fourth-order valence-corrected chi connectivity index (χ4v) is 3.39. The molecule has 168 valence electrons. The van der Waals surface area contributed by atoms with Crippen LogP contribution in [0.1, 0.15) is 37.7 Å². The van der Waals surface area contributed by atoms with E-state index < -0.39 is 0 Å². The Morgan fingerprint density at radius 2 is 1.40 bits per heavy atom. The van der Waals surface area contributed by atoms with Crippen LogP contribution in [-0.4, -0.2) is 63.2 Å². The van der Waals surface area contributed by atoms with E-state index in [1.807, 2.05) is 24.4 Å². The van der Waals surface area contributed by atoms with Gasteiger partial charge < -0.3 is 32.0 Å². The van der Waals surface area contributed by atoms with Gasteiger partial charge in [0.1, 0.15) is 0 Å². The minimum atomic E-state index is 0.0820. The molecular formula is C23H40N6O. The van der Waals surface area contributed by atoms with E-state index in [0.29, 0.717) is 13.0 Å². The van der Waals surface area contributed by atoms with Gasteiger partial charge in [0.15, 0.2) is 0 Å². The zero-order valence-corrected chi connectivity index (χ0v) is 18.3. The number of nitrogens with one attached hydrogen (secondary N) is 5. The molecule has 0 radical (unpaired) electrons. The first kappa shape index (κ1) is 24.3. The van der Waals surface area contributed by atoms with Gasteiger partial charge in [-0.2, -0.15) is 0 Å². The fourth-order valence-electron chi connectivity index (χ4n) is 3.39. The average molecular weight is 417 g/mol. The molecule has 0 aliphatic rings. The van der Waals surface area contributed by atoms with Crippen LogP contribution in [0.2, 0.25) is 0 Å².